The number of benzene rings is 1. The zero-order valence-corrected chi connectivity index (χ0v) is 16.7. The molecule has 26 heavy (non-hydrogen) atoms. The van der Waals surface area contributed by atoms with Crippen molar-refractivity contribution in [2.45, 2.75) is 12.8 Å². The summed E-state index contributed by atoms with van der Waals surface area (Å²) in [5, 5.41) is 5.62. The van der Waals surface area contributed by atoms with E-state index in [2.05, 4.69) is 4.98 Å². The van der Waals surface area contributed by atoms with E-state index in [1.807, 2.05) is 48.1 Å². The van der Waals surface area contributed by atoms with Crippen molar-refractivity contribution in [2.75, 3.05) is 20.2 Å². The number of carbonyl (C=O) groups excluding carboxylic acids is 1. The lowest BCUT2D eigenvalue weighted by Crippen LogP contribution is -2.30. The van der Waals surface area contributed by atoms with Crippen molar-refractivity contribution in [2.24, 2.45) is 0 Å². The molecule has 0 atom stereocenters. The average molecular weight is 407 g/mol. The number of amides is 1. The van der Waals surface area contributed by atoms with E-state index in [1.165, 1.54) is 0 Å². The lowest BCUT2D eigenvalue weighted by Gasteiger charge is -2.16. The molecule has 0 spiro atoms. The second-order valence-corrected chi connectivity index (χ2v) is 8.01. The largest absolute Gasteiger partial charge is 0.493 e. The fraction of sp³-hybridized carbons (Fsp3) is 0.263. The van der Waals surface area contributed by atoms with E-state index in [0.29, 0.717) is 24.6 Å². The van der Waals surface area contributed by atoms with Crippen LogP contribution in [0.4, 0.5) is 0 Å². The van der Waals surface area contributed by atoms with Gasteiger partial charge in [0.2, 0.25) is 5.91 Å². The number of likely N-dealkylation sites (N-methyl/N-ethyl adjacent to an activating group) is 1. The van der Waals surface area contributed by atoms with Gasteiger partial charge in [-0.15, -0.1) is 22.7 Å². The van der Waals surface area contributed by atoms with Crippen LogP contribution in [-0.4, -0.2) is 36.0 Å². The quantitative estimate of drug-likeness (QED) is 0.494. The third-order valence-electron chi connectivity index (χ3n) is 3.74. The molecule has 2 heterocycles. The number of halogens is 1. The summed E-state index contributed by atoms with van der Waals surface area (Å²) in [6.45, 7) is 1.18. The van der Waals surface area contributed by atoms with Crippen molar-refractivity contribution in [1.29, 1.82) is 0 Å². The number of thiazole rings is 1. The van der Waals surface area contributed by atoms with E-state index < -0.39 is 0 Å². The van der Waals surface area contributed by atoms with Crippen LogP contribution in [0.5, 0.6) is 5.75 Å². The summed E-state index contributed by atoms with van der Waals surface area (Å²) in [6, 6.07) is 11.4. The Morgan fingerprint density at radius 1 is 1.27 bits per heavy atom. The maximum absolute atomic E-state index is 12.4. The molecule has 136 valence electrons. The Morgan fingerprint density at radius 2 is 2.15 bits per heavy atom. The van der Waals surface area contributed by atoms with Gasteiger partial charge in [-0.2, -0.15) is 0 Å². The fourth-order valence-corrected chi connectivity index (χ4v) is 4.18. The third kappa shape index (κ3) is 5.30. The van der Waals surface area contributed by atoms with E-state index in [-0.39, 0.29) is 5.91 Å². The topological polar surface area (TPSA) is 42.4 Å². The van der Waals surface area contributed by atoms with Crippen LogP contribution < -0.4 is 4.74 Å². The molecule has 0 bridgehead atoms. The smallest absolute Gasteiger partial charge is 0.228 e. The van der Waals surface area contributed by atoms with Crippen LogP contribution >= 0.6 is 34.3 Å². The van der Waals surface area contributed by atoms with Crippen LogP contribution in [0.1, 0.15) is 12.1 Å². The van der Waals surface area contributed by atoms with Crippen molar-refractivity contribution in [3.63, 3.8) is 0 Å². The van der Waals surface area contributed by atoms with Crippen molar-refractivity contribution in [3.8, 4) is 15.6 Å². The number of nitrogens with zero attached hydrogens (tertiary/aromatic N) is 2. The molecule has 7 heteroatoms. The van der Waals surface area contributed by atoms with Crippen LogP contribution in [0.25, 0.3) is 9.88 Å². The van der Waals surface area contributed by atoms with Gasteiger partial charge in [0.1, 0.15) is 10.8 Å². The van der Waals surface area contributed by atoms with Gasteiger partial charge < -0.3 is 9.64 Å². The minimum atomic E-state index is 0.0655. The van der Waals surface area contributed by atoms with Crippen LogP contribution in [-0.2, 0) is 11.2 Å². The zero-order valence-electron chi connectivity index (χ0n) is 14.4. The Balaban J connectivity index is 1.42. The molecule has 3 aromatic rings. The number of carbonyl (C=O) groups is 1. The second kappa shape index (κ2) is 9.16. The Hall–Kier alpha value is -1.89. The first-order chi connectivity index (χ1) is 12.6. The van der Waals surface area contributed by atoms with Gasteiger partial charge in [0.15, 0.2) is 0 Å². The standard InChI is InChI=1S/C19H19ClN2O2S2/c1-22(8-4-9-24-16-6-2-5-14(20)11-16)18(23)12-15-13-26-19(21-15)17-7-3-10-25-17/h2-3,5-7,10-11,13H,4,8-9,12H2,1H3. The Morgan fingerprint density at radius 3 is 2.92 bits per heavy atom. The first-order valence-electron chi connectivity index (χ1n) is 8.22. The summed E-state index contributed by atoms with van der Waals surface area (Å²) >= 11 is 9.16. The molecule has 0 fully saturated rings. The number of aromatic nitrogens is 1. The number of thiophene rings is 1. The monoisotopic (exact) mass is 406 g/mol. The summed E-state index contributed by atoms with van der Waals surface area (Å²) in [4.78, 5) is 19.8. The van der Waals surface area contributed by atoms with E-state index in [9.17, 15) is 4.79 Å². The first kappa shape index (κ1) is 18.9. The Labute approximate surface area is 166 Å². The number of hydrogen-bond donors (Lipinski definition) is 0. The molecule has 0 saturated carbocycles. The van der Waals surface area contributed by atoms with Gasteiger partial charge >= 0.3 is 0 Å². The lowest BCUT2D eigenvalue weighted by atomic mass is 10.3. The van der Waals surface area contributed by atoms with Crippen LogP contribution in [0.2, 0.25) is 5.02 Å². The average Bonchev–Trinajstić information content (AvgIpc) is 3.30. The summed E-state index contributed by atoms with van der Waals surface area (Å²) in [6.07, 6.45) is 1.08. The molecule has 0 N–H and O–H groups in total. The predicted molar refractivity (Wildman–Crippen MR) is 108 cm³/mol. The van der Waals surface area contributed by atoms with Crippen LogP contribution in [0.15, 0.2) is 47.2 Å². The highest BCUT2D eigenvalue weighted by Crippen LogP contribution is 2.28. The van der Waals surface area contributed by atoms with Gasteiger partial charge in [-0.05, 0) is 36.1 Å². The predicted octanol–water partition coefficient (Wildman–Crippen LogP) is 5.00. The van der Waals surface area contributed by atoms with Gasteiger partial charge in [-0.1, -0.05) is 23.7 Å². The van der Waals surface area contributed by atoms with Crippen molar-refractivity contribution >= 4 is 40.2 Å². The fourth-order valence-electron chi connectivity index (χ4n) is 2.36. The Kier molecular flexibility index (Phi) is 6.66. The number of hydrogen-bond acceptors (Lipinski definition) is 5. The maximum Gasteiger partial charge on any atom is 0.228 e. The minimum absolute atomic E-state index is 0.0655. The first-order valence-corrected chi connectivity index (χ1v) is 10.4. The van der Waals surface area contributed by atoms with Gasteiger partial charge in [0.05, 0.1) is 23.6 Å². The van der Waals surface area contributed by atoms with Crippen molar-refractivity contribution in [1.82, 2.24) is 9.88 Å². The second-order valence-electron chi connectivity index (χ2n) is 5.77. The van der Waals surface area contributed by atoms with E-state index in [1.54, 1.807) is 33.6 Å². The molecule has 0 aliphatic rings. The highest BCUT2D eigenvalue weighted by molar-refractivity contribution is 7.20. The molecule has 0 saturated heterocycles. The molecule has 3 rings (SSSR count). The number of rotatable bonds is 8. The normalized spacial score (nSPS) is 10.7. The van der Waals surface area contributed by atoms with E-state index in [4.69, 9.17) is 16.3 Å². The zero-order chi connectivity index (χ0) is 18.4. The lowest BCUT2D eigenvalue weighted by molar-refractivity contribution is -0.129. The molecule has 0 unspecified atom stereocenters. The summed E-state index contributed by atoms with van der Waals surface area (Å²) in [5.74, 6) is 0.811. The molecule has 0 aliphatic heterocycles. The summed E-state index contributed by atoms with van der Waals surface area (Å²) in [5.41, 5.74) is 0.824. The van der Waals surface area contributed by atoms with Gasteiger partial charge in [-0.3, -0.25) is 4.79 Å². The highest BCUT2D eigenvalue weighted by Gasteiger charge is 2.13. The maximum atomic E-state index is 12.4. The molecular formula is C19H19ClN2O2S2. The van der Waals surface area contributed by atoms with Gasteiger partial charge in [-0.25, -0.2) is 4.98 Å². The van der Waals surface area contributed by atoms with Crippen LogP contribution in [0.3, 0.4) is 0 Å². The minimum Gasteiger partial charge on any atom is -0.493 e. The highest BCUT2D eigenvalue weighted by atomic mass is 35.5. The summed E-state index contributed by atoms with van der Waals surface area (Å²) in [7, 11) is 1.81. The molecule has 1 amide bonds. The van der Waals surface area contributed by atoms with E-state index >= 15 is 0 Å². The van der Waals surface area contributed by atoms with Gasteiger partial charge in [0.25, 0.3) is 0 Å². The molecule has 0 radical (unpaired) electrons. The number of ether oxygens (including phenoxy) is 1. The SMILES string of the molecule is CN(CCCOc1cccc(Cl)c1)C(=O)Cc1csc(-c2cccs2)n1. The third-order valence-corrected chi connectivity index (χ3v) is 5.91. The van der Waals surface area contributed by atoms with E-state index in [0.717, 1.165) is 27.7 Å². The molecule has 2 aromatic heterocycles. The van der Waals surface area contributed by atoms with Crippen molar-refractivity contribution in [3.05, 3.63) is 57.9 Å². The Bertz CT molecular complexity index is 849. The van der Waals surface area contributed by atoms with Crippen molar-refractivity contribution < 1.29 is 9.53 Å². The van der Waals surface area contributed by atoms with Gasteiger partial charge in [0, 0.05) is 24.0 Å². The molecule has 1 aromatic carbocycles. The molecule has 0 aliphatic carbocycles. The summed E-state index contributed by atoms with van der Waals surface area (Å²) < 4.78 is 5.65. The molecule has 4 nitrogen and oxygen atoms in total. The van der Waals surface area contributed by atoms with Crippen LogP contribution in [0, 0.1) is 0 Å². The molecular weight excluding hydrogens is 388 g/mol.